The third kappa shape index (κ3) is 3.98. The van der Waals surface area contributed by atoms with E-state index < -0.39 is 11.7 Å². The summed E-state index contributed by atoms with van der Waals surface area (Å²) in [5.41, 5.74) is -0.479. The molecule has 0 spiro atoms. The molecule has 16 heavy (non-hydrogen) atoms. The van der Waals surface area contributed by atoms with Crippen LogP contribution in [-0.2, 0) is 14.2 Å². The van der Waals surface area contributed by atoms with Crippen LogP contribution in [0, 0.1) is 0 Å². The third-order valence-corrected chi connectivity index (χ3v) is 2.25. The maximum Gasteiger partial charge on any atom is 0.407 e. The molecule has 1 aliphatic heterocycles. The smallest absolute Gasteiger partial charge is 0.407 e. The zero-order valence-corrected chi connectivity index (χ0v) is 10.6. The Hall–Kier alpha value is -0.810. The van der Waals surface area contributed by atoms with Crippen LogP contribution in [0.25, 0.3) is 0 Å². The van der Waals surface area contributed by atoms with Crippen LogP contribution in [0.5, 0.6) is 0 Å². The number of alkyl carbamates (subject to hydrolysis) is 1. The lowest BCUT2D eigenvalue weighted by Crippen LogP contribution is -2.42. The third-order valence-electron chi connectivity index (χ3n) is 2.25. The minimum absolute atomic E-state index is 0.0532. The van der Waals surface area contributed by atoms with Crippen LogP contribution in [0.15, 0.2) is 0 Å². The van der Waals surface area contributed by atoms with E-state index in [-0.39, 0.29) is 18.4 Å². The Morgan fingerprint density at radius 3 is 2.50 bits per heavy atom. The van der Waals surface area contributed by atoms with Crippen molar-refractivity contribution in [2.45, 2.75) is 58.2 Å². The lowest BCUT2D eigenvalue weighted by Gasteiger charge is -2.22. The van der Waals surface area contributed by atoms with Crippen molar-refractivity contribution in [2.75, 3.05) is 7.11 Å². The van der Waals surface area contributed by atoms with Crippen LogP contribution in [-0.4, -0.2) is 37.2 Å². The van der Waals surface area contributed by atoms with Crippen molar-refractivity contribution < 1.29 is 19.0 Å². The Morgan fingerprint density at radius 1 is 1.50 bits per heavy atom. The lowest BCUT2D eigenvalue weighted by atomic mass is 10.1. The highest BCUT2D eigenvalue weighted by atomic mass is 16.8. The summed E-state index contributed by atoms with van der Waals surface area (Å²) in [4.78, 5) is 11.5. The average molecular weight is 231 g/mol. The van der Waals surface area contributed by atoms with Crippen molar-refractivity contribution in [1.82, 2.24) is 5.32 Å². The molecule has 0 saturated carbocycles. The van der Waals surface area contributed by atoms with Gasteiger partial charge in [0, 0.05) is 7.11 Å². The van der Waals surface area contributed by atoms with E-state index in [1.165, 1.54) is 0 Å². The highest BCUT2D eigenvalue weighted by Crippen LogP contribution is 2.27. The molecular formula is C11H21NO4. The van der Waals surface area contributed by atoms with Gasteiger partial charge < -0.3 is 19.5 Å². The molecule has 0 bridgehead atoms. The minimum Gasteiger partial charge on any atom is -0.444 e. The number of carbonyl (C=O) groups excluding carboxylic acids is 1. The van der Waals surface area contributed by atoms with Crippen molar-refractivity contribution in [3.05, 3.63) is 0 Å². The maximum atomic E-state index is 11.5. The Bertz CT molecular complexity index is 249. The molecule has 1 amide bonds. The first-order chi connectivity index (χ1) is 7.37. The van der Waals surface area contributed by atoms with Gasteiger partial charge in [-0.2, -0.15) is 0 Å². The van der Waals surface area contributed by atoms with Crippen LogP contribution in [0.1, 0.15) is 34.1 Å². The summed E-state index contributed by atoms with van der Waals surface area (Å²) in [5, 5.41) is 2.78. The van der Waals surface area contributed by atoms with E-state index in [0.29, 0.717) is 0 Å². The summed E-state index contributed by atoms with van der Waals surface area (Å²) in [6.07, 6.45) is 0.121. The first kappa shape index (κ1) is 13.3. The quantitative estimate of drug-likeness (QED) is 0.747. The SMILES string of the molecule is CC[C@H](NC(=O)OC(C)(C)C)C1OC1OC. The van der Waals surface area contributed by atoms with Crippen molar-refractivity contribution in [3.8, 4) is 0 Å². The molecular weight excluding hydrogens is 210 g/mol. The van der Waals surface area contributed by atoms with Gasteiger partial charge in [-0.25, -0.2) is 4.79 Å². The monoisotopic (exact) mass is 231 g/mol. The molecule has 1 heterocycles. The van der Waals surface area contributed by atoms with Crippen LogP contribution in [0.4, 0.5) is 4.79 Å². The molecule has 0 radical (unpaired) electrons. The summed E-state index contributed by atoms with van der Waals surface area (Å²) in [6, 6.07) is -0.0557. The van der Waals surface area contributed by atoms with Crippen molar-refractivity contribution >= 4 is 6.09 Å². The second-order valence-corrected chi connectivity index (χ2v) is 4.87. The number of hydrogen-bond donors (Lipinski definition) is 1. The second kappa shape index (κ2) is 5.01. The molecule has 0 aromatic rings. The van der Waals surface area contributed by atoms with E-state index in [4.69, 9.17) is 14.2 Å². The predicted octanol–water partition coefficient (Wildman–Crippen LogP) is 1.66. The largest absolute Gasteiger partial charge is 0.444 e. The van der Waals surface area contributed by atoms with Crippen LogP contribution in [0.2, 0.25) is 0 Å². The predicted molar refractivity (Wildman–Crippen MR) is 59.1 cm³/mol. The molecule has 2 unspecified atom stereocenters. The summed E-state index contributed by atoms with van der Waals surface area (Å²) in [5.74, 6) is 0. The van der Waals surface area contributed by atoms with Crippen molar-refractivity contribution in [1.29, 1.82) is 0 Å². The highest BCUT2D eigenvalue weighted by molar-refractivity contribution is 5.68. The zero-order valence-electron chi connectivity index (χ0n) is 10.6. The zero-order chi connectivity index (χ0) is 12.3. The van der Waals surface area contributed by atoms with Gasteiger partial charge in [0.1, 0.15) is 11.7 Å². The molecule has 94 valence electrons. The molecule has 1 rings (SSSR count). The Kier molecular flexibility index (Phi) is 4.15. The van der Waals surface area contributed by atoms with E-state index in [2.05, 4.69) is 5.32 Å². The summed E-state index contributed by atoms with van der Waals surface area (Å²) in [7, 11) is 1.59. The van der Waals surface area contributed by atoms with Crippen LogP contribution < -0.4 is 5.32 Å². The molecule has 1 aliphatic rings. The molecule has 3 atom stereocenters. The Labute approximate surface area is 96.4 Å². The topological polar surface area (TPSA) is 60.1 Å². The first-order valence-electron chi connectivity index (χ1n) is 5.55. The second-order valence-electron chi connectivity index (χ2n) is 4.87. The number of carbonyl (C=O) groups is 1. The first-order valence-corrected chi connectivity index (χ1v) is 5.55. The molecule has 1 fully saturated rings. The van der Waals surface area contributed by atoms with Crippen molar-refractivity contribution in [2.24, 2.45) is 0 Å². The van der Waals surface area contributed by atoms with Gasteiger partial charge in [-0.1, -0.05) is 6.92 Å². The van der Waals surface area contributed by atoms with E-state index in [1.807, 2.05) is 27.7 Å². The van der Waals surface area contributed by atoms with E-state index >= 15 is 0 Å². The van der Waals surface area contributed by atoms with E-state index in [9.17, 15) is 4.79 Å². The normalized spacial score (nSPS) is 26.1. The van der Waals surface area contributed by atoms with E-state index in [0.717, 1.165) is 6.42 Å². The molecule has 1 N–H and O–H groups in total. The summed E-state index contributed by atoms with van der Waals surface area (Å²) < 4.78 is 15.5. The standard InChI is InChI=1S/C11H21NO4/c1-6-7(8-9(14-5)15-8)12-10(13)16-11(2,3)4/h7-9H,6H2,1-5H3,(H,12,13)/t7-,8?,9?/m0/s1. The van der Waals surface area contributed by atoms with Gasteiger partial charge in [0.05, 0.1) is 6.04 Å². The molecule has 0 aliphatic carbocycles. The number of amides is 1. The number of methoxy groups -OCH3 is 1. The van der Waals surface area contributed by atoms with Gasteiger partial charge in [-0.05, 0) is 27.2 Å². The highest BCUT2D eigenvalue weighted by Gasteiger charge is 2.45. The fourth-order valence-electron chi connectivity index (χ4n) is 1.46. The fraction of sp³-hybridized carbons (Fsp3) is 0.909. The lowest BCUT2D eigenvalue weighted by molar-refractivity contribution is 0.0493. The summed E-state index contributed by atoms with van der Waals surface area (Å²) in [6.45, 7) is 7.48. The maximum absolute atomic E-state index is 11.5. The number of rotatable bonds is 4. The van der Waals surface area contributed by atoms with Crippen LogP contribution >= 0.6 is 0 Å². The number of ether oxygens (including phenoxy) is 3. The van der Waals surface area contributed by atoms with Gasteiger partial charge in [-0.15, -0.1) is 0 Å². The van der Waals surface area contributed by atoms with Gasteiger partial charge >= 0.3 is 6.09 Å². The van der Waals surface area contributed by atoms with Gasteiger partial charge in [0.25, 0.3) is 0 Å². The van der Waals surface area contributed by atoms with E-state index in [1.54, 1.807) is 7.11 Å². The Morgan fingerprint density at radius 2 is 2.12 bits per heavy atom. The summed E-state index contributed by atoms with van der Waals surface area (Å²) >= 11 is 0. The van der Waals surface area contributed by atoms with Gasteiger partial charge in [0.2, 0.25) is 0 Å². The average Bonchev–Trinajstić information content (AvgIpc) is 2.90. The van der Waals surface area contributed by atoms with Crippen LogP contribution in [0.3, 0.4) is 0 Å². The number of nitrogens with one attached hydrogen (secondary N) is 1. The minimum atomic E-state index is -0.479. The Balaban J connectivity index is 2.37. The molecule has 0 aromatic carbocycles. The molecule has 5 nitrogen and oxygen atoms in total. The molecule has 0 aromatic heterocycles. The molecule has 1 saturated heterocycles. The number of hydrogen-bond acceptors (Lipinski definition) is 4. The number of epoxide rings is 1. The van der Waals surface area contributed by atoms with Crippen molar-refractivity contribution in [3.63, 3.8) is 0 Å². The van der Waals surface area contributed by atoms with Gasteiger partial charge in [-0.3, -0.25) is 0 Å². The van der Waals surface area contributed by atoms with Gasteiger partial charge in [0.15, 0.2) is 6.29 Å². The fourth-order valence-corrected chi connectivity index (χ4v) is 1.46. The molecule has 5 heteroatoms.